The van der Waals surface area contributed by atoms with Gasteiger partial charge in [-0.2, -0.15) is 0 Å². The van der Waals surface area contributed by atoms with Gasteiger partial charge in [0.15, 0.2) is 0 Å². The fourth-order valence-electron chi connectivity index (χ4n) is 4.91. The Labute approximate surface area is 133 Å². The molecule has 3 atom stereocenters. The molecule has 1 aliphatic heterocycles. The smallest absolute Gasteiger partial charge is 0.264 e. The first-order chi connectivity index (χ1) is 10.8. The van der Waals surface area contributed by atoms with Crippen molar-refractivity contribution in [1.29, 1.82) is 0 Å². The number of hydrogen-bond donors (Lipinski definition) is 0. The van der Waals surface area contributed by atoms with Gasteiger partial charge in [-0.1, -0.05) is 13.8 Å². The predicted molar refractivity (Wildman–Crippen MR) is 79.8 cm³/mol. The molecule has 3 fully saturated rings. The molecule has 1 unspecified atom stereocenters. The number of halogens is 2. The van der Waals surface area contributed by atoms with Crippen LogP contribution >= 0.6 is 0 Å². The molecule has 5 heteroatoms. The van der Waals surface area contributed by atoms with Gasteiger partial charge in [-0.25, -0.2) is 8.78 Å². The third kappa shape index (κ3) is 1.85. The molecule has 3 saturated carbocycles. The Kier molecular flexibility index (Phi) is 2.97. The number of fused-ring (bicyclic) bond motifs is 3. The van der Waals surface area contributed by atoms with Gasteiger partial charge < -0.3 is 0 Å². The van der Waals surface area contributed by atoms with E-state index < -0.39 is 34.6 Å². The summed E-state index contributed by atoms with van der Waals surface area (Å²) in [5.41, 5.74) is -0.578. The fourth-order valence-corrected chi connectivity index (χ4v) is 4.91. The van der Waals surface area contributed by atoms with E-state index in [4.69, 9.17) is 0 Å². The van der Waals surface area contributed by atoms with Gasteiger partial charge in [0, 0.05) is 6.54 Å². The standard InChI is InChI=1S/C18H19F2NO2/c1-18(2)10-4-3-9(11(18)7-10)8-21-16(22)14-12(19)5-6-13(20)15(14)17(21)23/h5-6,9-11H,3-4,7-8H2,1-2H3/t9?,10-,11-/m0/s1. The summed E-state index contributed by atoms with van der Waals surface area (Å²) in [5.74, 6) is -1.61. The number of hydrogen-bond acceptors (Lipinski definition) is 2. The molecule has 1 heterocycles. The Morgan fingerprint density at radius 2 is 1.65 bits per heavy atom. The summed E-state index contributed by atoms with van der Waals surface area (Å²) in [5, 5.41) is 0. The minimum Gasteiger partial charge on any atom is -0.274 e. The average Bonchev–Trinajstić information content (AvgIpc) is 2.77. The number of imide groups is 1. The Morgan fingerprint density at radius 1 is 1.09 bits per heavy atom. The number of benzene rings is 1. The summed E-state index contributed by atoms with van der Waals surface area (Å²) in [6.07, 6.45) is 3.20. The van der Waals surface area contributed by atoms with Crippen LogP contribution in [0.3, 0.4) is 0 Å². The molecule has 0 N–H and O–H groups in total. The SMILES string of the molecule is CC1(C)[C@H]2CCC(CN3C(=O)c4c(F)ccc(F)c4C3=O)[C@@H]1C2. The highest BCUT2D eigenvalue weighted by Gasteiger charge is 2.55. The quantitative estimate of drug-likeness (QED) is 0.781. The average molecular weight is 319 g/mol. The maximum absolute atomic E-state index is 13.9. The lowest BCUT2D eigenvalue weighted by atomic mass is 9.45. The highest BCUT2D eigenvalue weighted by atomic mass is 19.1. The van der Waals surface area contributed by atoms with Crippen molar-refractivity contribution in [2.24, 2.45) is 23.2 Å². The summed E-state index contributed by atoms with van der Waals surface area (Å²) < 4.78 is 27.8. The van der Waals surface area contributed by atoms with E-state index in [0.29, 0.717) is 5.92 Å². The zero-order chi connectivity index (χ0) is 16.5. The van der Waals surface area contributed by atoms with Crippen molar-refractivity contribution in [3.05, 3.63) is 34.9 Å². The fraction of sp³-hybridized carbons (Fsp3) is 0.556. The largest absolute Gasteiger partial charge is 0.274 e. The second-order valence-corrected chi connectivity index (χ2v) is 7.70. The second kappa shape index (κ2) is 4.62. The van der Waals surface area contributed by atoms with Crippen LogP contribution in [0.5, 0.6) is 0 Å². The molecule has 1 aromatic rings. The highest BCUT2D eigenvalue weighted by molar-refractivity contribution is 6.21. The molecule has 2 bridgehead atoms. The van der Waals surface area contributed by atoms with Crippen LogP contribution in [0.1, 0.15) is 53.8 Å². The van der Waals surface area contributed by atoms with Gasteiger partial charge >= 0.3 is 0 Å². The van der Waals surface area contributed by atoms with Gasteiger partial charge in [0.25, 0.3) is 11.8 Å². The van der Waals surface area contributed by atoms with Gasteiger partial charge in [-0.05, 0) is 54.6 Å². The first kappa shape index (κ1) is 14.8. The van der Waals surface area contributed by atoms with Crippen LogP contribution in [-0.2, 0) is 0 Å². The van der Waals surface area contributed by atoms with Crippen LogP contribution in [0.4, 0.5) is 8.78 Å². The number of carbonyl (C=O) groups is 2. The Hall–Kier alpha value is -1.78. The van der Waals surface area contributed by atoms with E-state index in [9.17, 15) is 18.4 Å². The van der Waals surface area contributed by atoms with E-state index >= 15 is 0 Å². The lowest BCUT2D eigenvalue weighted by Gasteiger charge is -2.60. The van der Waals surface area contributed by atoms with E-state index in [-0.39, 0.29) is 17.9 Å². The molecule has 4 aliphatic rings. The second-order valence-electron chi connectivity index (χ2n) is 7.70. The first-order valence-electron chi connectivity index (χ1n) is 8.16. The maximum atomic E-state index is 13.9. The summed E-state index contributed by atoms with van der Waals surface area (Å²) >= 11 is 0. The molecule has 3 nitrogen and oxygen atoms in total. The number of amides is 2. The van der Waals surface area contributed by atoms with Crippen molar-refractivity contribution in [2.75, 3.05) is 6.54 Å². The zero-order valence-corrected chi connectivity index (χ0v) is 13.2. The Bertz CT molecular complexity index is 685. The van der Waals surface area contributed by atoms with E-state index in [2.05, 4.69) is 13.8 Å². The molecule has 0 aromatic heterocycles. The Balaban J connectivity index is 1.62. The third-order valence-corrected chi connectivity index (χ3v) is 6.44. The third-order valence-electron chi connectivity index (χ3n) is 6.44. The van der Waals surface area contributed by atoms with E-state index in [1.54, 1.807) is 0 Å². The van der Waals surface area contributed by atoms with Crippen LogP contribution < -0.4 is 0 Å². The molecule has 122 valence electrons. The van der Waals surface area contributed by atoms with E-state index in [1.165, 1.54) is 0 Å². The summed E-state index contributed by atoms with van der Waals surface area (Å²) in [4.78, 5) is 25.9. The highest BCUT2D eigenvalue weighted by Crippen LogP contribution is 2.61. The summed E-state index contributed by atoms with van der Waals surface area (Å²) in [6.45, 7) is 4.74. The molecule has 2 amide bonds. The van der Waals surface area contributed by atoms with Crippen LogP contribution in [0.15, 0.2) is 12.1 Å². The number of nitrogens with zero attached hydrogens (tertiary/aromatic N) is 1. The van der Waals surface area contributed by atoms with Crippen LogP contribution in [0.25, 0.3) is 0 Å². The molecule has 0 spiro atoms. The van der Waals surface area contributed by atoms with E-state index in [0.717, 1.165) is 42.2 Å². The molecule has 3 aliphatic carbocycles. The summed E-state index contributed by atoms with van der Waals surface area (Å²) in [7, 11) is 0. The molecule has 5 rings (SSSR count). The monoisotopic (exact) mass is 319 g/mol. The van der Waals surface area contributed by atoms with Crippen molar-refractivity contribution in [3.63, 3.8) is 0 Å². The minimum absolute atomic E-state index is 0.225. The topological polar surface area (TPSA) is 37.4 Å². The molecule has 0 radical (unpaired) electrons. The predicted octanol–water partition coefficient (Wildman–Crippen LogP) is 3.63. The number of rotatable bonds is 2. The lowest BCUT2D eigenvalue weighted by molar-refractivity contribution is -0.107. The molecule has 1 aromatic carbocycles. The van der Waals surface area contributed by atoms with Gasteiger partial charge in [0.1, 0.15) is 11.6 Å². The molecule has 23 heavy (non-hydrogen) atoms. The van der Waals surface area contributed by atoms with Gasteiger partial charge in [0.05, 0.1) is 11.1 Å². The lowest BCUT2D eigenvalue weighted by Crippen LogP contribution is -2.55. The first-order valence-corrected chi connectivity index (χ1v) is 8.16. The molecular weight excluding hydrogens is 300 g/mol. The van der Waals surface area contributed by atoms with Crippen molar-refractivity contribution in [3.8, 4) is 0 Å². The van der Waals surface area contributed by atoms with Gasteiger partial charge in [-0.15, -0.1) is 0 Å². The van der Waals surface area contributed by atoms with Crippen LogP contribution in [0.2, 0.25) is 0 Å². The normalized spacial score (nSPS) is 31.1. The molecule has 0 saturated heterocycles. The van der Waals surface area contributed by atoms with Gasteiger partial charge in [-0.3, -0.25) is 14.5 Å². The Morgan fingerprint density at radius 3 is 2.13 bits per heavy atom. The van der Waals surface area contributed by atoms with Crippen LogP contribution in [-0.4, -0.2) is 23.3 Å². The number of carbonyl (C=O) groups excluding carboxylic acids is 2. The zero-order valence-electron chi connectivity index (χ0n) is 13.2. The van der Waals surface area contributed by atoms with Crippen molar-refractivity contribution in [2.45, 2.75) is 33.1 Å². The maximum Gasteiger partial charge on any atom is 0.264 e. The van der Waals surface area contributed by atoms with E-state index in [1.807, 2.05) is 0 Å². The van der Waals surface area contributed by atoms with Crippen molar-refractivity contribution >= 4 is 11.8 Å². The van der Waals surface area contributed by atoms with Gasteiger partial charge in [0.2, 0.25) is 0 Å². The minimum atomic E-state index is -0.824. The molecular formula is C18H19F2NO2. The van der Waals surface area contributed by atoms with Crippen LogP contribution in [0, 0.1) is 34.8 Å². The van der Waals surface area contributed by atoms with Crippen molar-refractivity contribution < 1.29 is 18.4 Å². The summed E-state index contributed by atoms with van der Waals surface area (Å²) in [6, 6.07) is 1.81. The van der Waals surface area contributed by atoms with Crippen molar-refractivity contribution in [1.82, 2.24) is 4.90 Å².